The Morgan fingerprint density at radius 3 is 1.97 bits per heavy atom. The summed E-state index contributed by atoms with van der Waals surface area (Å²) in [7, 11) is -2.60. The third-order valence-corrected chi connectivity index (χ3v) is 13.3. The Hall–Kier alpha value is -2.69. The molecular formula is C31H36O3Si. The van der Waals surface area contributed by atoms with Gasteiger partial charge in [-0.2, -0.15) is 0 Å². The van der Waals surface area contributed by atoms with Crippen molar-refractivity contribution in [3.8, 4) is 0 Å². The van der Waals surface area contributed by atoms with E-state index in [1.807, 2.05) is 6.07 Å². The summed E-state index contributed by atoms with van der Waals surface area (Å²) in [5.41, 5.74) is 0.797. The Balaban J connectivity index is 1.47. The van der Waals surface area contributed by atoms with Crippen LogP contribution in [0.3, 0.4) is 0 Å². The van der Waals surface area contributed by atoms with Crippen LogP contribution >= 0.6 is 0 Å². The minimum absolute atomic E-state index is 0.0145. The largest absolute Gasteiger partial charge is 0.465 e. The molecule has 1 heterocycles. The van der Waals surface area contributed by atoms with E-state index in [-0.39, 0.29) is 16.9 Å². The lowest BCUT2D eigenvalue weighted by Crippen LogP contribution is -2.67. The Morgan fingerprint density at radius 2 is 1.43 bits per heavy atom. The molecule has 0 N–H and O–H groups in total. The molecule has 1 saturated heterocycles. The van der Waals surface area contributed by atoms with Crippen LogP contribution in [-0.4, -0.2) is 27.5 Å². The zero-order chi connectivity index (χ0) is 24.5. The number of hydrogen-bond donors (Lipinski definition) is 0. The van der Waals surface area contributed by atoms with Crippen LogP contribution in [0.1, 0.15) is 39.2 Å². The molecule has 2 fully saturated rings. The second-order valence-electron chi connectivity index (χ2n) is 11.3. The van der Waals surface area contributed by atoms with Gasteiger partial charge < -0.3 is 9.16 Å². The summed E-state index contributed by atoms with van der Waals surface area (Å²) in [6.07, 6.45) is 2.64. The molecule has 3 nitrogen and oxygen atoms in total. The van der Waals surface area contributed by atoms with Crippen LogP contribution in [0.4, 0.5) is 0 Å². The summed E-state index contributed by atoms with van der Waals surface area (Å²) in [5, 5.41) is 2.54. The number of fused-ring (bicyclic) bond motifs is 1. The van der Waals surface area contributed by atoms with Gasteiger partial charge >= 0.3 is 5.97 Å². The average Bonchev–Trinajstić information content (AvgIpc) is 3.37. The highest BCUT2D eigenvalue weighted by molar-refractivity contribution is 6.99. The molecule has 0 unspecified atom stereocenters. The van der Waals surface area contributed by atoms with Crippen LogP contribution in [0.25, 0.3) is 0 Å². The van der Waals surface area contributed by atoms with Gasteiger partial charge in [0.1, 0.15) is 0 Å². The zero-order valence-electron chi connectivity index (χ0n) is 21.1. The van der Waals surface area contributed by atoms with Crippen LogP contribution in [0.15, 0.2) is 91.0 Å². The van der Waals surface area contributed by atoms with Crippen molar-refractivity contribution < 1.29 is 14.0 Å². The lowest BCUT2D eigenvalue weighted by atomic mass is 9.73. The maximum Gasteiger partial charge on any atom is 0.312 e. The fourth-order valence-corrected chi connectivity index (χ4v) is 11.2. The second kappa shape index (κ2) is 9.40. The lowest BCUT2D eigenvalue weighted by Gasteiger charge is -2.44. The molecule has 2 aliphatic rings. The molecule has 3 aromatic carbocycles. The highest BCUT2D eigenvalue weighted by Crippen LogP contribution is 2.54. The molecule has 3 atom stereocenters. The van der Waals surface area contributed by atoms with Gasteiger partial charge in [-0.15, -0.1) is 0 Å². The van der Waals surface area contributed by atoms with Crippen molar-refractivity contribution in [3.63, 3.8) is 0 Å². The van der Waals surface area contributed by atoms with Crippen LogP contribution < -0.4 is 10.4 Å². The Labute approximate surface area is 210 Å². The molecule has 0 spiro atoms. The average molecular weight is 485 g/mol. The Bertz CT molecular complexity index is 1100. The molecule has 0 bridgehead atoms. The standard InChI is InChI=1S/C31H36O3Si/c1-30(2,3)35(26-15-9-5-10-16-26,27-17-11-6-12-18-27)34-22-25-19-20-31(28(25)23-33-29(31)32)21-24-13-7-4-8-14-24/h4-18,25,28H,19-23H2,1-3H3/t25-,28-,31-/m0/s1. The highest BCUT2D eigenvalue weighted by Gasteiger charge is 2.59. The SMILES string of the molecule is CC(C)(C)[Si](OC[C@@H]1CC[C@@]2(Cc3ccccc3)C(=O)OC[C@@H]12)(c1ccccc1)c1ccccc1. The quantitative estimate of drug-likeness (QED) is 0.334. The third-order valence-electron chi connectivity index (χ3n) is 8.33. The van der Waals surface area contributed by atoms with Crippen LogP contribution in [0.5, 0.6) is 0 Å². The molecule has 3 aromatic rings. The summed E-state index contributed by atoms with van der Waals surface area (Å²) in [6, 6.07) is 32.0. The van der Waals surface area contributed by atoms with Gasteiger partial charge in [0.05, 0.1) is 12.0 Å². The lowest BCUT2D eigenvalue weighted by molar-refractivity contribution is -0.146. The van der Waals surface area contributed by atoms with Gasteiger partial charge in [-0.1, -0.05) is 112 Å². The van der Waals surface area contributed by atoms with E-state index < -0.39 is 13.7 Å². The predicted octanol–water partition coefficient (Wildman–Crippen LogP) is 5.38. The van der Waals surface area contributed by atoms with Crippen molar-refractivity contribution in [2.45, 2.75) is 45.1 Å². The zero-order valence-corrected chi connectivity index (χ0v) is 22.1. The first kappa shape index (κ1) is 24.0. The molecule has 1 aliphatic heterocycles. The van der Waals surface area contributed by atoms with Gasteiger partial charge in [0.25, 0.3) is 8.32 Å². The summed E-state index contributed by atoms with van der Waals surface area (Å²) in [4.78, 5) is 13.1. The maximum absolute atomic E-state index is 13.1. The summed E-state index contributed by atoms with van der Waals surface area (Å²) < 4.78 is 13.0. The van der Waals surface area contributed by atoms with E-state index in [9.17, 15) is 4.79 Å². The third kappa shape index (κ3) is 4.17. The molecule has 0 amide bonds. The van der Waals surface area contributed by atoms with Crippen molar-refractivity contribution in [1.82, 2.24) is 0 Å². The number of carbonyl (C=O) groups is 1. The second-order valence-corrected chi connectivity index (χ2v) is 15.6. The minimum atomic E-state index is -2.60. The predicted molar refractivity (Wildman–Crippen MR) is 143 cm³/mol. The van der Waals surface area contributed by atoms with Gasteiger partial charge in [-0.05, 0) is 46.2 Å². The molecule has 0 radical (unpaired) electrons. The Kier molecular flexibility index (Phi) is 6.45. The molecule has 5 rings (SSSR count). The summed E-state index contributed by atoms with van der Waals surface area (Å²) in [6.45, 7) is 8.12. The fourth-order valence-electron chi connectivity index (χ4n) is 6.58. The highest BCUT2D eigenvalue weighted by atomic mass is 28.4. The van der Waals surface area contributed by atoms with Crippen LogP contribution in [0.2, 0.25) is 5.04 Å². The number of hydrogen-bond acceptors (Lipinski definition) is 3. The number of benzene rings is 3. The number of carbonyl (C=O) groups excluding carboxylic acids is 1. The van der Waals surface area contributed by atoms with E-state index in [0.717, 1.165) is 19.3 Å². The molecule has 1 aliphatic carbocycles. The van der Waals surface area contributed by atoms with Crippen LogP contribution in [-0.2, 0) is 20.4 Å². The van der Waals surface area contributed by atoms with E-state index in [2.05, 4.69) is 106 Å². The first-order chi connectivity index (χ1) is 16.9. The van der Waals surface area contributed by atoms with E-state index in [0.29, 0.717) is 19.1 Å². The summed E-state index contributed by atoms with van der Waals surface area (Å²) in [5.74, 6) is 0.500. The van der Waals surface area contributed by atoms with Crippen molar-refractivity contribution in [3.05, 3.63) is 96.6 Å². The number of rotatable bonds is 7. The summed E-state index contributed by atoms with van der Waals surface area (Å²) >= 11 is 0. The molecule has 4 heteroatoms. The van der Waals surface area contributed by atoms with E-state index in [1.54, 1.807) is 0 Å². The van der Waals surface area contributed by atoms with Gasteiger partial charge in [0, 0.05) is 12.5 Å². The Morgan fingerprint density at radius 1 is 0.886 bits per heavy atom. The molecule has 35 heavy (non-hydrogen) atoms. The number of cyclic esters (lactones) is 1. The van der Waals surface area contributed by atoms with Crippen molar-refractivity contribution in [2.75, 3.05) is 13.2 Å². The monoisotopic (exact) mass is 484 g/mol. The van der Waals surface area contributed by atoms with Crippen molar-refractivity contribution >= 4 is 24.7 Å². The fraction of sp³-hybridized carbons (Fsp3) is 0.387. The van der Waals surface area contributed by atoms with E-state index >= 15 is 0 Å². The maximum atomic E-state index is 13.1. The van der Waals surface area contributed by atoms with Gasteiger partial charge in [-0.3, -0.25) is 4.79 Å². The van der Waals surface area contributed by atoms with Crippen molar-refractivity contribution in [1.29, 1.82) is 0 Å². The molecule has 182 valence electrons. The van der Waals surface area contributed by atoms with Gasteiger partial charge in [-0.25, -0.2) is 0 Å². The van der Waals surface area contributed by atoms with Gasteiger partial charge in [0.2, 0.25) is 0 Å². The molecule has 1 saturated carbocycles. The topological polar surface area (TPSA) is 35.5 Å². The molecular weight excluding hydrogens is 448 g/mol. The number of ether oxygens (including phenoxy) is 1. The normalized spacial score (nSPS) is 24.3. The first-order valence-electron chi connectivity index (χ1n) is 12.8. The van der Waals surface area contributed by atoms with E-state index in [4.69, 9.17) is 9.16 Å². The number of esters is 1. The minimum Gasteiger partial charge on any atom is -0.465 e. The molecule has 0 aromatic heterocycles. The first-order valence-corrected chi connectivity index (χ1v) is 14.7. The van der Waals surface area contributed by atoms with Gasteiger partial charge in [0.15, 0.2) is 0 Å². The smallest absolute Gasteiger partial charge is 0.312 e. The van der Waals surface area contributed by atoms with E-state index in [1.165, 1.54) is 15.9 Å². The van der Waals surface area contributed by atoms with Crippen molar-refractivity contribution in [2.24, 2.45) is 17.3 Å². The van der Waals surface area contributed by atoms with Crippen LogP contribution in [0, 0.1) is 17.3 Å².